The first-order valence-corrected chi connectivity index (χ1v) is 8.64. The highest BCUT2D eigenvalue weighted by atomic mass is 19.2. The Kier molecular flexibility index (Phi) is 4.54. The lowest BCUT2D eigenvalue weighted by Gasteiger charge is -2.30. The van der Waals surface area contributed by atoms with Gasteiger partial charge in [0.25, 0.3) is 5.91 Å². The summed E-state index contributed by atoms with van der Waals surface area (Å²) in [5.74, 6) is -2.45. The number of halogens is 2. The molecule has 4 rings (SSSR count). The van der Waals surface area contributed by atoms with Crippen molar-refractivity contribution in [2.45, 2.75) is 13.0 Å². The topological polar surface area (TPSA) is 45.2 Å². The van der Waals surface area contributed by atoms with Crippen molar-refractivity contribution in [1.29, 1.82) is 0 Å². The van der Waals surface area contributed by atoms with E-state index in [1.807, 2.05) is 12.1 Å². The molecule has 0 bridgehead atoms. The number of hydrogen-bond acceptors (Lipinski definition) is 3. The van der Waals surface area contributed by atoms with E-state index < -0.39 is 17.5 Å². The van der Waals surface area contributed by atoms with Gasteiger partial charge in [0.1, 0.15) is 5.69 Å². The van der Waals surface area contributed by atoms with Crippen LogP contribution in [0.1, 0.15) is 21.6 Å². The highest BCUT2D eigenvalue weighted by Gasteiger charge is 2.17. The second-order valence-electron chi connectivity index (χ2n) is 6.42. The summed E-state index contributed by atoms with van der Waals surface area (Å²) in [4.78, 5) is 18.7. The Morgan fingerprint density at radius 2 is 1.81 bits per heavy atom. The number of nitrogens with one attached hydrogen (secondary N) is 1. The van der Waals surface area contributed by atoms with Crippen LogP contribution in [0.2, 0.25) is 0 Å². The number of anilines is 2. The van der Waals surface area contributed by atoms with Crippen LogP contribution in [0.15, 0.2) is 60.8 Å². The molecule has 1 amide bonds. The minimum Gasteiger partial charge on any atom is -0.366 e. The summed E-state index contributed by atoms with van der Waals surface area (Å²) in [7, 11) is 0. The number of nitrogens with zero attached hydrogens (tertiary/aromatic N) is 2. The monoisotopic (exact) mass is 365 g/mol. The van der Waals surface area contributed by atoms with Gasteiger partial charge in [0.15, 0.2) is 11.6 Å². The largest absolute Gasteiger partial charge is 0.366 e. The lowest BCUT2D eigenvalue weighted by atomic mass is 10.00. The molecule has 0 saturated carbocycles. The van der Waals surface area contributed by atoms with Gasteiger partial charge >= 0.3 is 0 Å². The van der Waals surface area contributed by atoms with E-state index in [9.17, 15) is 13.6 Å². The molecule has 2 aromatic carbocycles. The number of carbonyl (C=O) groups excluding carboxylic acids is 1. The minimum atomic E-state index is -1.01. The maximum absolute atomic E-state index is 13.2. The third-order valence-electron chi connectivity index (χ3n) is 4.65. The zero-order valence-electron chi connectivity index (χ0n) is 14.5. The molecule has 0 radical (unpaired) electrons. The molecule has 136 valence electrons. The summed E-state index contributed by atoms with van der Waals surface area (Å²) < 4.78 is 26.2. The van der Waals surface area contributed by atoms with E-state index in [0.717, 1.165) is 37.3 Å². The highest BCUT2D eigenvalue weighted by Crippen LogP contribution is 2.24. The fourth-order valence-electron chi connectivity index (χ4n) is 3.19. The Bertz CT molecular complexity index is 989. The van der Waals surface area contributed by atoms with E-state index in [-0.39, 0.29) is 11.4 Å². The Balaban J connectivity index is 1.46. The van der Waals surface area contributed by atoms with Gasteiger partial charge in [-0.25, -0.2) is 13.8 Å². The van der Waals surface area contributed by atoms with Gasteiger partial charge in [0.2, 0.25) is 0 Å². The van der Waals surface area contributed by atoms with Crippen LogP contribution in [0, 0.1) is 11.6 Å². The Hall–Kier alpha value is -3.28. The van der Waals surface area contributed by atoms with Crippen LogP contribution >= 0.6 is 0 Å². The number of aromatic nitrogens is 1. The summed E-state index contributed by atoms with van der Waals surface area (Å²) in [5, 5.41) is 2.52. The van der Waals surface area contributed by atoms with Gasteiger partial charge in [-0.15, -0.1) is 0 Å². The zero-order chi connectivity index (χ0) is 18.8. The van der Waals surface area contributed by atoms with Crippen LogP contribution < -0.4 is 10.2 Å². The third-order valence-corrected chi connectivity index (χ3v) is 4.65. The molecule has 6 heteroatoms. The molecule has 3 aromatic rings. The van der Waals surface area contributed by atoms with E-state index >= 15 is 0 Å². The number of carbonyl (C=O) groups is 1. The predicted octanol–water partition coefficient (Wildman–Crippen LogP) is 4.17. The van der Waals surface area contributed by atoms with Crippen molar-refractivity contribution < 1.29 is 13.6 Å². The fraction of sp³-hybridized carbons (Fsp3) is 0.143. The van der Waals surface area contributed by atoms with E-state index in [1.165, 1.54) is 17.2 Å². The van der Waals surface area contributed by atoms with Crippen LogP contribution in [-0.2, 0) is 13.0 Å². The van der Waals surface area contributed by atoms with Gasteiger partial charge in [-0.1, -0.05) is 24.3 Å². The predicted molar refractivity (Wildman–Crippen MR) is 99.7 cm³/mol. The van der Waals surface area contributed by atoms with Gasteiger partial charge in [-0.2, -0.15) is 0 Å². The van der Waals surface area contributed by atoms with Crippen molar-refractivity contribution in [3.05, 3.63) is 89.2 Å². The molecule has 1 aliphatic rings. The van der Waals surface area contributed by atoms with E-state index in [0.29, 0.717) is 0 Å². The lowest BCUT2D eigenvalue weighted by Crippen LogP contribution is -2.30. The molecule has 4 nitrogen and oxygen atoms in total. The molecule has 2 heterocycles. The van der Waals surface area contributed by atoms with Crippen LogP contribution in [0.5, 0.6) is 0 Å². The Labute approximate surface area is 155 Å². The molecule has 0 saturated heterocycles. The zero-order valence-corrected chi connectivity index (χ0v) is 14.5. The smallest absolute Gasteiger partial charge is 0.274 e. The molecule has 1 N–H and O–H groups in total. The van der Waals surface area contributed by atoms with Crippen molar-refractivity contribution in [3.8, 4) is 0 Å². The molecular weight excluding hydrogens is 348 g/mol. The Morgan fingerprint density at radius 1 is 1.00 bits per heavy atom. The first-order valence-electron chi connectivity index (χ1n) is 8.64. The number of benzene rings is 2. The SMILES string of the molecule is O=C(Nc1ccc(F)c(F)c1)c1ccc(N2CCc3ccccc3C2)cn1. The second kappa shape index (κ2) is 7.15. The van der Waals surface area contributed by atoms with Gasteiger partial charge in [0.05, 0.1) is 11.9 Å². The Morgan fingerprint density at radius 3 is 2.56 bits per heavy atom. The normalized spacial score (nSPS) is 13.2. The number of hydrogen-bond donors (Lipinski definition) is 1. The number of pyridine rings is 1. The van der Waals surface area contributed by atoms with Crippen LogP contribution in [-0.4, -0.2) is 17.4 Å². The van der Waals surface area contributed by atoms with Gasteiger partial charge in [0, 0.05) is 24.8 Å². The molecule has 0 spiro atoms. The summed E-state index contributed by atoms with van der Waals surface area (Å²) >= 11 is 0. The van der Waals surface area contributed by atoms with E-state index in [4.69, 9.17) is 0 Å². The first-order chi connectivity index (χ1) is 13.1. The molecule has 0 aliphatic carbocycles. The summed E-state index contributed by atoms with van der Waals surface area (Å²) in [5.41, 5.74) is 3.99. The second-order valence-corrected chi connectivity index (χ2v) is 6.42. The quantitative estimate of drug-likeness (QED) is 0.758. The van der Waals surface area contributed by atoms with Crippen LogP contribution in [0.4, 0.5) is 20.2 Å². The molecule has 0 atom stereocenters. The number of rotatable bonds is 3. The number of fused-ring (bicyclic) bond motifs is 1. The van der Waals surface area contributed by atoms with E-state index in [2.05, 4.69) is 33.4 Å². The van der Waals surface area contributed by atoms with Gasteiger partial charge in [-0.3, -0.25) is 4.79 Å². The maximum Gasteiger partial charge on any atom is 0.274 e. The van der Waals surface area contributed by atoms with Crippen LogP contribution in [0.3, 0.4) is 0 Å². The molecule has 0 fully saturated rings. The molecule has 1 aromatic heterocycles. The van der Waals surface area contributed by atoms with Crippen molar-refractivity contribution in [2.24, 2.45) is 0 Å². The fourth-order valence-corrected chi connectivity index (χ4v) is 3.19. The molecular formula is C21H17F2N3O. The molecule has 27 heavy (non-hydrogen) atoms. The standard InChI is InChI=1S/C21H17F2N3O/c22-18-7-5-16(11-19(18)23)25-21(27)20-8-6-17(12-24-20)26-10-9-14-3-1-2-4-15(14)13-26/h1-8,11-12H,9-10,13H2,(H,25,27). The van der Waals surface area contributed by atoms with Crippen molar-refractivity contribution in [2.75, 3.05) is 16.8 Å². The average molecular weight is 365 g/mol. The van der Waals surface area contributed by atoms with Gasteiger partial charge in [-0.05, 0) is 41.8 Å². The maximum atomic E-state index is 13.2. The first kappa shape index (κ1) is 17.1. The van der Waals surface area contributed by atoms with Crippen LogP contribution in [0.25, 0.3) is 0 Å². The lowest BCUT2D eigenvalue weighted by molar-refractivity contribution is 0.102. The van der Waals surface area contributed by atoms with Gasteiger partial charge < -0.3 is 10.2 Å². The molecule has 0 unspecified atom stereocenters. The van der Waals surface area contributed by atoms with Crippen molar-refractivity contribution in [1.82, 2.24) is 4.98 Å². The number of amides is 1. The summed E-state index contributed by atoms with van der Waals surface area (Å²) in [6, 6.07) is 15.0. The third kappa shape index (κ3) is 3.65. The highest BCUT2D eigenvalue weighted by molar-refractivity contribution is 6.02. The molecule has 1 aliphatic heterocycles. The van der Waals surface area contributed by atoms with Crippen molar-refractivity contribution >= 4 is 17.3 Å². The summed E-state index contributed by atoms with van der Waals surface area (Å²) in [6.45, 7) is 1.69. The average Bonchev–Trinajstić information content (AvgIpc) is 2.70. The van der Waals surface area contributed by atoms with E-state index in [1.54, 1.807) is 12.3 Å². The van der Waals surface area contributed by atoms with Crippen molar-refractivity contribution in [3.63, 3.8) is 0 Å². The minimum absolute atomic E-state index is 0.178. The summed E-state index contributed by atoms with van der Waals surface area (Å²) in [6.07, 6.45) is 2.63.